The van der Waals surface area contributed by atoms with Crippen molar-refractivity contribution in [2.45, 2.75) is 13.3 Å². The molecule has 3 aromatic rings. The van der Waals surface area contributed by atoms with E-state index >= 15 is 0 Å². The molecule has 120 valence electrons. The fourth-order valence-corrected chi connectivity index (χ4v) is 2.46. The van der Waals surface area contributed by atoms with Crippen LogP contribution in [0.15, 0.2) is 30.6 Å². The molecule has 0 unspecified atom stereocenters. The Kier molecular flexibility index (Phi) is 4.47. The zero-order chi connectivity index (χ0) is 16.2. The van der Waals surface area contributed by atoms with Gasteiger partial charge in [-0.15, -0.1) is 0 Å². The first-order chi connectivity index (χ1) is 11.2. The van der Waals surface area contributed by atoms with E-state index in [0.717, 1.165) is 29.9 Å². The molecule has 2 aromatic heterocycles. The molecule has 0 saturated heterocycles. The van der Waals surface area contributed by atoms with E-state index in [1.54, 1.807) is 23.9 Å². The Morgan fingerprint density at radius 1 is 1.30 bits per heavy atom. The Morgan fingerprint density at radius 2 is 2.17 bits per heavy atom. The quantitative estimate of drug-likeness (QED) is 0.709. The molecule has 0 bridgehead atoms. The van der Waals surface area contributed by atoms with Crippen LogP contribution in [-0.2, 0) is 4.74 Å². The summed E-state index contributed by atoms with van der Waals surface area (Å²) in [6.45, 7) is 3.31. The first kappa shape index (κ1) is 15.4. The van der Waals surface area contributed by atoms with Crippen molar-refractivity contribution in [1.82, 2.24) is 19.7 Å². The first-order valence-electron chi connectivity index (χ1n) is 7.40. The number of nitrogens with zero attached hydrogens (tertiary/aromatic N) is 4. The number of halogens is 1. The number of aryl methyl sites for hydroxylation is 1. The Morgan fingerprint density at radius 3 is 2.96 bits per heavy atom. The molecule has 3 rings (SSSR count). The van der Waals surface area contributed by atoms with Crippen molar-refractivity contribution in [3.05, 3.63) is 42.1 Å². The van der Waals surface area contributed by atoms with Crippen molar-refractivity contribution in [2.75, 3.05) is 25.6 Å². The van der Waals surface area contributed by atoms with Crippen LogP contribution in [0.1, 0.15) is 12.1 Å². The molecule has 0 spiro atoms. The van der Waals surface area contributed by atoms with Crippen LogP contribution in [0.3, 0.4) is 0 Å². The molecule has 0 aliphatic heterocycles. The molecule has 1 aromatic carbocycles. The number of fused-ring (bicyclic) bond motifs is 1. The van der Waals surface area contributed by atoms with Crippen LogP contribution in [0.5, 0.6) is 0 Å². The number of benzene rings is 1. The maximum atomic E-state index is 13.5. The molecule has 0 atom stereocenters. The first-order valence-corrected chi connectivity index (χ1v) is 7.40. The largest absolute Gasteiger partial charge is 0.385 e. The van der Waals surface area contributed by atoms with E-state index in [2.05, 4.69) is 20.4 Å². The molecule has 7 heteroatoms. The van der Waals surface area contributed by atoms with Crippen molar-refractivity contribution in [1.29, 1.82) is 0 Å². The third-order valence-corrected chi connectivity index (χ3v) is 3.51. The van der Waals surface area contributed by atoms with Gasteiger partial charge in [-0.2, -0.15) is 5.10 Å². The molecule has 2 heterocycles. The number of hydrogen-bond donors (Lipinski definition) is 1. The van der Waals surface area contributed by atoms with Gasteiger partial charge in [0.1, 0.15) is 18.0 Å². The molecule has 0 amide bonds. The smallest absolute Gasteiger partial charge is 0.168 e. The molecule has 23 heavy (non-hydrogen) atoms. The standard InChI is InChI=1S/C16H18FN5O/c1-11-14-15(18-7-4-8-23-2)19-10-20-16(14)22(21-11)13-6-3-5-12(17)9-13/h3,5-6,9-10H,4,7-8H2,1-2H3,(H,18,19,20). The molecule has 0 aliphatic rings. The van der Waals surface area contributed by atoms with Gasteiger partial charge in [-0.1, -0.05) is 6.07 Å². The normalized spacial score (nSPS) is 11.1. The van der Waals surface area contributed by atoms with Crippen LogP contribution < -0.4 is 5.32 Å². The minimum absolute atomic E-state index is 0.309. The Balaban J connectivity index is 1.99. The van der Waals surface area contributed by atoms with E-state index < -0.39 is 0 Å². The average Bonchev–Trinajstić information content (AvgIpc) is 2.90. The lowest BCUT2D eigenvalue weighted by Crippen LogP contribution is -2.07. The molecule has 0 aliphatic carbocycles. The van der Waals surface area contributed by atoms with E-state index in [9.17, 15) is 4.39 Å². The van der Waals surface area contributed by atoms with Crippen molar-refractivity contribution >= 4 is 16.9 Å². The van der Waals surface area contributed by atoms with Crippen LogP contribution >= 0.6 is 0 Å². The topological polar surface area (TPSA) is 64.9 Å². The van der Waals surface area contributed by atoms with Gasteiger partial charge in [0.15, 0.2) is 5.65 Å². The predicted octanol–water partition coefficient (Wildman–Crippen LogP) is 2.71. The number of nitrogens with one attached hydrogen (secondary N) is 1. The summed E-state index contributed by atoms with van der Waals surface area (Å²) >= 11 is 0. The zero-order valence-electron chi connectivity index (χ0n) is 13.1. The zero-order valence-corrected chi connectivity index (χ0v) is 13.1. The Bertz CT molecular complexity index is 817. The van der Waals surface area contributed by atoms with E-state index in [4.69, 9.17) is 4.74 Å². The lowest BCUT2D eigenvalue weighted by Gasteiger charge is -2.07. The summed E-state index contributed by atoms with van der Waals surface area (Å²) in [6.07, 6.45) is 2.36. The lowest BCUT2D eigenvalue weighted by molar-refractivity contribution is 0.198. The van der Waals surface area contributed by atoms with Gasteiger partial charge in [-0.25, -0.2) is 19.0 Å². The van der Waals surface area contributed by atoms with Crippen molar-refractivity contribution < 1.29 is 9.13 Å². The van der Waals surface area contributed by atoms with Crippen molar-refractivity contribution in [2.24, 2.45) is 0 Å². The summed E-state index contributed by atoms with van der Waals surface area (Å²) in [5.74, 6) is 0.419. The van der Waals surface area contributed by atoms with Gasteiger partial charge < -0.3 is 10.1 Å². The van der Waals surface area contributed by atoms with Crippen LogP contribution in [0.4, 0.5) is 10.2 Å². The van der Waals surface area contributed by atoms with Crippen molar-refractivity contribution in [3.63, 3.8) is 0 Å². The fraction of sp³-hybridized carbons (Fsp3) is 0.312. The van der Waals surface area contributed by atoms with Gasteiger partial charge in [-0.05, 0) is 31.5 Å². The van der Waals surface area contributed by atoms with Crippen LogP contribution in [0.25, 0.3) is 16.7 Å². The summed E-state index contributed by atoms with van der Waals surface area (Å²) in [5, 5.41) is 8.61. The van der Waals surface area contributed by atoms with Gasteiger partial charge in [0, 0.05) is 20.3 Å². The summed E-state index contributed by atoms with van der Waals surface area (Å²) in [7, 11) is 1.68. The minimum atomic E-state index is -0.309. The number of hydrogen-bond acceptors (Lipinski definition) is 5. The molecule has 6 nitrogen and oxygen atoms in total. The van der Waals surface area contributed by atoms with E-state index in [-0.39, 0.29) is 5.82 Å². The third kappa shape index (κ3) is 3.14. The molecular formula is C16H18FN5O. The number of ether oxygens (including phenoxy) is 1. The third-order valence-electron chi connectivity index (χ3n) is 3.51. The maximum absolute atomic E-state index is 13.5. The Hall–Kier alpha value is -2.54. The fourth-order valence-electron chi connectivity index (χ4n) is 2.46. The van der Waals surface area contributed by atoms with E-state index in [1.165, 1.54) is 18.5 Å². The summed E-state index contributed by atoms with van der Waals surface area (Å²) in [5.41, 5.74) is 2.07. The van der Waals surface area contributed by atoms with Gasteiger partial charge >= 0.3 is 0 Å². The number of aromatic nitrogens is 4. The van der Waals surface area contributed by atoms with Crippen LogP contribution in [0, 0.1) is 12.7 Å². The van der Waals surface area contributed by atoms with Gasteiger partial charge in [-0.3, -0.25) is 0 Å². The lowest BCUT2D eigenvalue weighted by atomic mass is 10.3. The second-order valence-electron chi connectivity index (χ2n) is 5.17. The molecule has 0 radical (unpaired) electrons. The maximum Gasteiger partial charge on any atom is 0.168 e. The minimum Gasteiger partial charge on any atom is -0.385 e. The average molecular weight is 315 g/mol. The molecular weight excluding hydrogens is 297 g/mol. The molecule has 1 N–H and O–H groups in total. The van der Waals surface area contributed by atoms with Crippen LogP contribution in [0.2, 0.25) is 0 Å². The molecule has 0 saturated carbocycles. The second kappa shape index (κ2) is 6.70. The van der Waals surface area contributed by atoms with Crippen LogP contribution in [-0.4, -0.2) is 40.0 Å². The van der Waals surface area contributed by atoms with E-state index in [1.807, 2.05) is 6.92 Å². The number of anilines is 1. The van der Waals surface area contributed by atoms with E-state index in [0.29, 0.717) is 17.9 Å². The monoisotopic (exact) mass is 315 g/mol. The Labute approximate surface area is 133 Å². The SMILES string of the molecule is COCCCNc1ncnc2c1c(C)nn2-c1cccc(F)c1. The number of rotatable bonds is 6. The highest BCUT2D eigenvalue weighted by Gasteiger charge is 2.15. The summed E-state index contributed by atoms with van der Waals surface area (Å²) < 4.78 is 20.2. The predicted molar refractivity (Wildman–Crippen MR) is 86.3 cm³/mol. The summed E-state index contributed by atoms with van der Waals surface area (Å²) in [6, 6.07) is 6.28. The molecule has 0 fully saturated rings. The summed E-state index contributed by atoms with van der Waals surface area (Å²) in [4.78, 5) is 8.61. The number of methoxy groups -OCH3 is 1. The van der Waals surface area contributed by atoms with Gasteiger partial charge in [0.05, 0.1) is 16.8 Å². The van der Waals surface area contributed by atoms with Gasteiger partial charge in [0.2, 0.25) is 0 Å². The van der Waals surface area contributed by atoms with Crippen molar-refractivity contribution in [3.8, 4) is 5.69 Å². The highest BCUT2D eigenvalue weighted by molar-refractivity contribution is 5.90. The van der Waals surface area contributed by atoms with Gasteiger partial charge in [0.25, 0.3) is 0 Å². The highest BCUT2D eigenvalue weighted by Crippen LogP contribution is 2.25. The highest BCUT2D eigenvalue weighted by atomic mass is 19.1. The second-order valence-corrected chi connectivity index (χ2v) is 5.17.